The van der Waals surface area contributed by atoms with Crippen molar-refractivity contribution in [1.29, 1.82) is 0 Å². The Labute approximate surface area is 172 Å². The largest absolute Gasteiger partial charge is 0.496 e. The fourth-order valence-electron chi connectivity index (χ4n) is 4.36. The highest BCUT2D eigenvalue weighted by Gasteiger charge is 2.41. The molecule has 0 N–H and O–H groups in total. The van der Waals surface area contributed by atoms with E-state index >= 15 is 0 Å². The van der Waals surface area contributed by atoms with Crippen LogP contribution >= 0.6 is 0 Å². The van der Waals surface area contributed by atoms with Gasteiger partial charge in [-0.15, -0.1) is 0 Å². The molecule has 4 rings (SSSR count). The van der Waals surface area contributed by atoms with Crippen LogP contribution in [0.5, 0.6) is 11.5 Å². The van der Waals surface area contributed by atoms with Gasteiger partial charge in [-0.05, 0) is 36.1 Å². The predicted molar refractivity (Wildman–Crippen MR) is 106 cm³/mol. The lowest BCUT2D eigenvalue weighted by Gasteiger charge is -2.28. The molecule has 1 atom stereocenters. The first-order chi connectivity index (χ1) is 14.3. The van der Waals surface area contributed by atoms with Gasteiger partial charge in [0.05, 0.1) is 38.0 Å². The number of benzene rings is 2. The Morgan fingerprint density at radius 2 is 1.50 bits per heavy atom. The number of carbonyl (C=O) groups is 4. The van der Waals surface area contributed by atoms with Gasteiger partial charge in [0.25, 0.3) is 0 Å². The third-order valence-corrected chi connectivity index (χ3v) is 5.64. The quantitative estimate of drug-likeness (QED) is 0.615. The number of Topliss-reactive ketones (excluding diaryl/α,β-unsaturated/α-hetero) is 1. The highest BCUT2D eigenvalue weighted by Crippen LogP contribution is 2.43. The molecular weight excluding hydrogens is 388 g/mol. The van der Waals surface area contributed by atoms with E-state index in [4.69, 9.17) is 14.2 Å². The summed E-state index contributed by atoms with van der Waals surface area (Å²) in [5.41, 5.74) is 1.19. The Balaban J connectivity index is 2.06. The zero-order valence-corrected chi connectivity index (χ0v) is 17.1. The standard InChI is InChI=1S/C23H20O7/c1-10-5-11-8-16(29-3)19-20(17(11)14(24)6-10)21(25)13-7-12(23(27)30-4)9-15(28-2)18(13)22(19)26/h7-10H,5-6H2,1-4H3. The summed E-state index contributed by atoms with van der Waals surface area (Å²) in [5, 5.41) is 0. The molecule has 0 saturated carbocycles. The molecule has 2 aromatic carbocycles. The Morgan fingerprint density at radius 1 is 0.833 bits per heavy atom. The zero-order valence-electron chi connectivity index (χ0n) is 17.1. The van der Waals surface area contributed by atoms with Crippen molar-refractivity contribution in [2.75, 3.05) is 21.3 Å². The zero-order chi connectivity index (χ0) is 21.7. The summed E-state index contributed by atoms with van der Waals surface area (Å²) >= 11 is 0. The molecule has 2 aliphatic rings. The summed E-state index contributed by atoms with van der Waals surface area (Å²) in [7, 11) is 3.98. The molecular formula is C23H20O7. The molecule has 0 bridgehead atoms. The molecule has 2 aliphatic carbocycles. The van der Waals surface area contributed by atoms with Crippen molar-refractivity contribution in [2.24, 2.45) is 5.92 Å². The van der Waals surface area contributed by atoms with Gasteiger partial charge in [-0.3, -0.25) is 14.4 Å². The van der Waals surface area contributed by atoms with Crippen LogP contribution in [0, 0.1) is 5.92 Å². The van der Waals surface area contributed by atoms with Crippen molar-refractivity contribution in [3.05, 3.63) is 57.1 Å². The van der Waals surface area contributed by atoms with Crippen molar-refractivity contribution in [2.45, 2.75) is 19.8 Å². The van der Waals surface area contributed by atoms with Crippen LogP contribution in [-0.2, 0) is 11.2 Å². The molecule has 0 spiro atoms. The molecule has 0 fully saturated rings. The summed E-state index contributed by atoms with van der Waals surface area (Å²) in [6.45, 7) is 1.96. The van der Waals surface area contributed by atoms with Crippen LogP contribution in [0.25, 0.3) is 0 Å². The molecule has 0 saturated heterocycles. The summed E-state index contributed by atoms with van der Waals surface area (Å²) in [6.07, 6.45) is 0.899. The number of hydrogen-bond donors (Lipinski definition) is 0. The predicted octanol–water partition coefficient (Wildman–Crippen LogP) is 3.03. The highest BCUT2D eigenvalue weighted by molar-refractivity contribution is 6.33. The Hall–Kier alpha value is -3.48. The first-order valence-corrected chi connectivity index (χ1v) is 9.49. The van der Waals surface area contributed by atoms with Gasteiger partial charge >= 0.3 is 5.97 Å². The Kier molecular flexibility index (Phi) is 4.68. The topological polar surface area (TPSA) is 96.0 Å². The summed E-state index contributed by atoms with van der Waals surface area (Å²) in [5.74, 6) is -1.39. The second kappa shape index (κ2) is 7.09. The monoisotopic (exact) mass is 408 g/mol. The van der Waals surface area contributed by atoms with Crippen molar-refractivity contribution < 1.29 is 33.4 Å². The normalized spacial score (nSPS) is 17.1. The van der Waals surface area contributed by atoms with E-state index in [1.165, 1.54) is 33.5 Å². The second-order valence-corrected chi connectivity index (χ2v) is 7.55. The average molecular weight is 408 g/mol. The second-order valence-electron chi connectivity index (χ2n) is 7.55. The van der Waals surface area contributed by atoms with Crippen LogP contribution in [-0.4, -0.2) is 44.6 Å². The third-order valence-electron chi connectivity index (χ3n) is 5.64. The van der Waals surface area contributed by atoms with Crippen LogP contribution in [0.2, 0.25) is 0 Å². The van der Waals surface area contributed by atoms with Crippen LogP contribution < -0.4 is 9.47 Å². The molecule has 154 valence electrons. The molecule has 2 aromatic rings. The van der Waals surface area contributed by atoms with Crippen LogP contribution in [0.4, 0.5) is 0 Å². The smallest absolute Gasteiger partial charge is 0.338 e. The van der Waals surface area contributed by atoms with Gasteiger partial charge < -0.3 is 14.2 Å². The van der Waals surface area contributed by atoms with Gasteiger partial charge in [0.2, 0.25) is 5.78 Å². The molecule has 7 heteroatoms. The highest BCUT2D eigenvalue weighted by atomic mass is 16.5. The summed E-state index contributed by atoms with van der Waals surface area (Å²) in [6, 6.07) is 4.35. The maximum Gasteiger partial charge on any atom is 0.338 e. The number of esters is 1. The van der Waals surface area contributed by atoms with Gasteiger partial charge in [0.1, 0.15) is 11.5 Å². The molecule has 30 heavy (non-hydrogen) atoms. The summed E-state index contributed by atoms with van der Waals surface area (Å²) < 4.78 is 15.5. The van der Waals surface area contributed by atoms with E-state index in [-0.39, 0.29) is 56.6 Å². The van der Waals surface area contributed by atoms with E-state index in [9.17, 15) is 19.2 Å². The lowest BCUT2D eigenvalue weighted by molar-refractivity contribution is 0.0599. The van der Waals surface area contributed by atoms with E-state index in [1.807, 2.05) is 6.92 Å². The van der Waals surface area contributed by atoms with Gasteiger partial charge in [-0.1, -0.05) is 6.92 Å². The first-order valence-electron chi connectivity index (χ1n) is 9.49. The minimum Gasteiger partial charge on any atom is -0.496 e. The van der Waals surface area contributed by atoms with Crippen molar-refractivity contribution in [3.8, 4) is 11.5 Å². The SMILES string of the molecule is COC(=O)c1cc(OC)c2c(c1)C(=O)c1c3c(cc(OC)c1C2=O)CC(C)CC3=O. The lowest BCUT2D eigenvalue weighted by Crippen LogP contribution is -2.29. The maximum atomic E-state index is 13.6. The van der Waals surface area contributed by atoms with Gasteiger partial charge in [-0.25, -0.2) is 4.79 Å². The fourth-order valence-corrected chi connectivity index (χ4v) is 4.36. The first kappa shape index (κ1) is 19.8. The molecule has 0 radical (unpaired) electrons. The van der Waals surface area contributed by atoms with E-state index in [2.05, 4.69) is 0 Å². The molecule has 0 amide bonds. The number of ether oxygens (including phenoxy) is 3. The van der Waals surface area contributed by atoms with Crippen molar-refractivity contribution >= 4 is 23.3 Å². The van der Waals surface area contributed by atoms with E-state index in [1.54, 1.807) is 6.07 Å². The van der Waals surface area contributed by atoms with Crippen molar-refractivity contribution in [3.63, 3.8) is 0 Å². The van der Waals surface area contributed by atoms with Crippen LogP contribution in [0.3, 0.4) is 0 Å². The van der Waals surface area contributed by atoms with Crippen molar-refractivity contribution in [1.82, 2.24) is 0 Å². The van der Waals surface area contributed by atoms with E-state index in [0.29, 0.717) is 18.4 Å². The third kappa shape index (κ3) is 2.73. The minimum absolute atomic E-state index is 0.00845. The van der Waals surface area contributed by atoms with Crippen LogP contribution in [0.15, 0.2) is 18.2 Å². The number of ketones is 3. The fraction of sp³-hybridized carbons (Fsp3) is 0.304. The summed E-state index contributed by atoms with van der Waals surface area (Å²) in [4.78, 5) is 52.0. The Morgan fingerprint density at radius 3 is 2.13 bits per heavy atom. The average Bonchev–Trinajstić information content (AvgIpc) is 2.74. The Bertz CT molecular complexity index is 1140. The van der Waals surface area contributed by atoms with E-state index in [0.717, 1.165) is 0 Å². The molecule has 1 unspecified atom stereocenters. The molecule has 0 aromatic heterocycles. The number of carbonyl (C=O) groups excluding carboxylic acids is 4. The maximum absolute atomic E-state index is 13.6. The van der Waals surface area contributed by atoms with Gasteiger partial charge in [0.15, 0.2) is 11.6 Å². The van der Waals surface area contributed by atoms with Gasteiger partial charge in [0, 0.05) is 23.1 Å². The molecule has 0 heterocycles. The van der Waals surface area contributed by atoms with E-state index < -0.39 is 17.5 Å². The number of fused-ring (bicyclic) bond motifs is 4. The number of rotatable bonds is 3. The molecule has 7 nitrogen and oxygen atoms in total. The number of hydrogen-bond acceptors (Lipinski definition) is 7. The van der Waals surface area contributed by atoms with Crippen LogP contribution in [0.1, 0.15) is 71.5 Å². The van der Waals surface area contributed by atoms with Gasteiger partial charge in [-0.2, -0.15) is 0 Å². The minimum atomic E-state index is -0.667. The lowest BCUT2D eigenvalue weighted by atomic mass is 9.74. The number of methoxy groups -OCH3 is 3. The molecule has 0 aliphatic heterocycles.